The predicted octanol–water partition coefficient (Wildman–Crippen LogP) is 4.79. The summed E-state index contributed by atoms with van der Waals surface area (Å²) >= 11 is 9.23. The summed E-state index contributed by atoms with van der Waals surface area (Å²) in [6.45, 7) is 2.39. The van der Waals surface area contributed by atoms with Gasteiger partial charge in [0.2, 0.25) is 5.91 Å². The minimum Gasteiger partial charge on any atom is -0.492 e. The maximum atomic E-state index is 12.5. The zero-order valence-electron chi connectivity index (χ0n) is 16.5. The molecule has 0 bridgehead atoms. The number of carbonyl (C=O) groups is 1. The standard InChI is InChI=1S/C21H22ClN3O3S2/c1-2-28-15-7-6-12(22)10-14(15)23-18(26)8-9-29-11-17-24-20(27)19-13-4-3-5-16(13)30-21(19)25-17/h6-7,10H,2-5,8-9,11H2,1H3,(H,23,26)(H,24,25,27). The van der Waals surface area contributed by atoms with Crippen molar-refractivity contribution in [1.82, 2.24) is 9.97 Å². The number of aryl methyl sites for hydroxylation is 2. The average Bonchev–Trinajstić information content (AvgIpc) is 3.28. The first-order valence-electron chi connectivity index (χ1n) is 9.88. The van der Waals surface area contributed by atoms with Crippen LogP contribution >= 0.6 is 34.7 Å². The number of ether oxygens (including phenoxy) is 1. The molecule has 30 heavy (non-hydrogen) atoms. The Labute approximate surface area is 187 Å². The van der Waals surface area contributed by atoms with Crippen LogP contribution in [0.3, 0.4) is 0 Å². The van der Waals surface area contributed by atoms with Gasteiger partial charge in [-0.2, -0.15) is 11.8 Å². The van der Waals surface area contributed by atoms with E-state index >= 15 is 0 Å². The van der Waals surface area contributed by atoms with Crippen molar-refractivity contribution in [2.75, 3.05) is 17.7 Å². The number of carbonyl (C=O) groups excluding carboxylic acids is 1. The fourth-order valence-corrected chi connectivity index (χ4v) is 5.80. The lowest BCUT2D eigenvalue weighted by molar-refractivity contribution is -0.115. The zero-order chi connectivity index (χ0) is 21.1. The molecule has 0 atom stereocenters. The number of nitrogens with one attached hydrogen (secondary N) is 2. The quantitative estimate of drug-likeness (QED) is 0.469. The van der Waals surface area contributed by atoms with Gasteiger partial charge in [0, 0.05) is 22.1 Å². The van der Waals surface area contributed by atoms with Crippen molar-refractivity contribution in [2.24, 2.45) is 0 Å². The summed E-state index contributed by atoms with van der Waals surface area (Å²) in [7, 11) is 0. The van der Waals surface area contributed by atoms with E-state index in [2.05, 4.69) is 15.3 Å². The summed E-state index contributed by atoms with van der Waals surface area (Å²) in [6.07, 6.45) is 3.48. The van der Waals surface area contributed by atoms with Gasteiger partial charge >= 0.3 is 0 Å². The number of benzene rings is 1. The molecule has 1 aliphatic rings. The highest BCUT2D eigenvalue weighted by Crippen LogP contribution is 2.34. The SMILES string of the molecule is CCOc1ccc(Cl)cc1NC(=O)CCSCc1nc2sc3c(c2c(=O)[nH]1)CCC3. The number of fused-ring (bicyclic) bond motifs is 3. The van der Waals surface area contributed by atoms with Crippen molar-refractivity contribution < 1.29 is 9.53 Å². The van der Waals surface area contributed by atoms with Gasteiger partial charge in [-0.15, -0.1) is 11.3 Å². The number of hydrogen-bond acceptors (Lipinski definition) is 6. The van der Waals surface area contributed by atoms with Gasteiger partial charge in [0.25, 0.3) is 5.56 Å². The van der Waals surface area contributed by atoms with Crippen molar-refractivity contribution >= 4 is 56.5 Å². The molecule has 1 amide bonds. The third-order valence-corrected chi connectivity index (χ3v) is 7.24. The van der Waals surface area contributed by atoms with E-state index in [0.29, 0.717) is 46.8 Å². The molecule has 3 aromatic rings. The van der Waals surface area contributed by atoms with Gasteiger partial charge in [-0.05, 0) is 49.9 Å². The van der Waals surface area contributed by atoms with E-state index in [1.807, 2.05) is 6.92 Å². The van der Waals surface area contributed by atoms with Crippen molar-refractivity contribution in [3.63, 3.8) is 0 Å². The van der Waals surface area contributed by atoms with Gasteiger partial charge in [0.15, 0.2) is 0 Å². The van der Waals surface area contributed by atoms with Crippen molar-refractivity contribution in [1.29, 1.82) is 0 Å². The Morgan fingerprint density at radius 2 is 2.27 bits per heavy atom. The molecule has 0 radical (unpaired) electrons. The van der Waals surface area contributed by atoms with Gasteiger partial charge in [-0.25, -0.2) is 4.98 Å². The largest absolute Gasteiger partial charge is 0.492 e. The van der Waals surface area contributed by atoms with Gasteiger partial charge in [0.05, 0.1) is 23.4 Å². The molecule has 0 fully saturated rings. The molecule has 1 aliphatic carbocycles. The van der Waals surface area contributed by atoms with E-state index < -0.39 is 0 Å². The van der Waals surface area contributed by atoms with Gasteiger partial charge in [-0.3, -0.25) is 9.59 Å². The smallest absolute Gasteiger partial charge is 0.259 e. The second-order valence-electron chi connectivity index (χ2n) is 6.97. The number of nitrogens with zero attached hydrogens (tertiary/aromatic N) is 1. The van der Waals surface area contributed by atoms with Crippen LogP contribution in [0.1, 0.15) is 36.0 Å². The van der Waals surface area contributed by atoms with E-state index in [0.717, 1.165) is 29.5 Å². The van der Waals surface area contributed by atoms with Gasteiger partial charge < -0.3 is 15.0 Å². The molecule has 6 nitrogen and oxygen atoms in total. The Morgan fingerprint density at radius 1 is 1.40 bits per heavy atom. The summed E-state index contributed by atoms with van der Waals surface area (Å²) in [5.41, 5.74) is 1.71. The van der Waals surface area contributed by atoms with Crippen molar-refractivity contribution in [3.05, 3.63) is 49.8 Å². The van der Waals surface area contributed by atoms with Crippen LogP contribution in [0, 0.1) is 0 Å². The zero-order valence-corrected chi connectivity index (χ0v) is 18.9. The summed E-state index contributed by atoms with van der Waals surface area (Å²) < 4.78 is 5.53. The van der Waals surface area contributed by atoms with E-state index in [9.17, 15) is 9.59 Å². The van der Waals surface area contributed by atoms with Crippen LogP contribution in [-0.2, 0) is 23.4 Å². The summed E-state index contributed by atoms with van der Waals surface area (Å²) in [5.74, 6) is 2.31. The van der Waals surface area contributed by atoms with Crippen molar-refractivity contribution in [2.45, 2.75) is 38.4 Å². The Kier molecular flexibility index (Phi) is 6.65. The lowest BCUT2D eigenvalue weighted by Crippen LogP contribution is -2.14. The Morgan fingerprint density at radius 3 is 3.10 bits per heavy atom. The molecule has 2 aromatic heterocycles. The number of thiophene rings is 1. The van der Waals surface area contributed by atoms with Crippen LogP contribution in [-0.4, -0.2) is 28.2 Å². The Hall–Kier alpha value is -2.03. The monoisotopic (exact) mass is 463 g/mol. The topological polar surface area (TPSA) is 84.1 Å². The van der Waals surface area contributed by atoms with E-state index in [1.165, 1.54) is 10.4 Å². The number of H-pyrrole nitrogens is 1. The summed E-state index contributed by atoms with van der Waals surface area (Å²) in [5, 5.41) is 4.16. The predicted molar refractivity (Wildman–Crippen MR) is 124 cm³/mol. The van der Waals surface area contributed by atoms with Crippen LogP contribution in [0.4, 0.5) is 5.69 Å². The van der Waals surface area contributed by atoms with Crippen LogP contribution in [0.25, 0.3) is 10.2 Å². The summed E-state index contributed by atoms with van der Waals surface area (Å²) in [6, 6.07) is 5.15. The number of anilines is 1. The van der Waals surface area contributed by atoms with Gasteiger partial charge in [-0.1, -0.05) is 11.6 Å². The molecule has 0 saturated heterocycles. The molecule has 9 heteroatoms. The number of amides is 1. The highest BCUT2D eigenvalue weighted by Gasteiger charge is 2.21. The maximum absolute atomic E-state index is 12.5. The minimum absolute atomic E-state index is 0.0443. The normalized spacial score (nSPS) is 12.9. The number of rotatable bonds is 8. The first-order chi connectivity index (χ1) is 14.5. The molecule has 2 heterocycles. The average molecular weight is 464 g/mol. The number of aromatic nitrogens is 2. The molecule has 4 rings (SSSR count). The number of thioether (sulfide) groups is 1. The van der Waals surface area contributed by atoms with Gasteiger partial charge in [0.1, 0.15) is 16.4 Å². The summed E-state index contributed by atoms with van der Waals surface area (Å²) in [4.78, 5) is 34.5. The molecule has 1 aromatic carbocycles. The fraction of sp³-hybridized carbons (Fsp3) is 0.381. The van der Waals surface area contributed by atoms with Crippen LogP contribution in [0.2, 0.25) is 5.02 Å². The molecule has 0 unspecified atom stereocenters. The van der Waals surface area contributed by atoms with E-state index in [-0.39, 0.29) is 11.5 Å². The maximum Gasteiger partial charge on any atom is 0.259 e. The molecule has 0 spiro atoms. The van der Waals surface area contributed by atoms with E-state index in [1.54, 1.807) is 41.3 Å². The second kappa shape index (κ2) is 9.41. The first-order valence-corrected chi connectivity index (χ1v) is 12.2. The minimum atomic E-state index is -0.114. The number of hydrogen-bond donors (Lipinski definition) is 2. The van der Waals surface area contributed by atoms with E-state index in [4.69, 9.17) is 16.3 Å². The highest BCUT2D eigenvalue weighted by molar-refractivity contribution is 7.98. The molecule has 0 saturated carbocycles. The fourth-order valence-electron chi connectivity index (χ4n) is 3.54. The Bertz CT molecular complexity index is 1140. The van der Waals surface area contributed by atoms with Crippen LogP contribution in [0.5, 0.6) is 5.75 Å². The number of halogens is 1. The molecule has 2 N–H and O–H groups in total. The lowest BCUT2D eigenvalue weighted by atomic mass is 10.2. The van der Waals surface area contributed by atoms with Crippen LogP contribution in [0.15, 0.2) is 23.0 Å². The van der Waals surface area contributed by atoms with Crippen molar-refractivity contribution in [3.8, 4) is 5.75 Å². The molecule has 0 aliphatic heterocycles. The highest BCUT2D eigenvalue weighted by atomic mass is 35.5. The van der Waals surface area contributed by atoms with Crippen LogP contribution < -0.4 is 15.6 Å². The first kappa shape index (κ1) is 21.2. The second-order valence-corrected chi connectivity index (χ2v) is 9.60. The molecular weight excluding hydrogens is 442 g/mol. The molecule has 158 valence electrons. The lowest BCUT2D eigenvalue weighted by Gasteiger charge is -2.11. The molecular formula is C21H22ClN3O3S2. The number of aromatic amines is 1. The Balaban J connectivity index is 1.32. The third-order valence-electron chi connectivity index (χ3n) is 4.85. The third kappa shape index (κ3) is 4.66.